The molecular formula is C8H14N2O2. The van der Waals surface area contributed by atoms with Crippen molar-refractivity contribution in [1.82, 2.24) is 10.1 Å². The zero-order valence-electron chi connectivity index (χ0n) is 7.61. The first-order valence-electron chi connectivity index (χ1n) is 4.10. The van der Waals surface area contributed by atoms with Gasteiger partial charge in [0.05, 0.1) is 0 Å². The van der Waals surface area contributed by atoms with Crippen molar-refractivity contribution >= 4 is 0 Å². The van der Waals surface area contributed by atoms with Crippen LogP contribution in [-0.4, -0.2) is 15.2 Å². The van der Waals surface area contributed by atoms with Crippen LogP contribution >= 0.6 is 0 Å². The van der Waals surface area contributed by atoms with E-state index in [1.165, 1.54) is 0 Å². The van der Waals surface area contributed by atoms with Gasteiger partial charge in [0.1, 0.15) is 6.10 Å². The van der Waals surface area contributed by atoms with Crippen LogP contribution in [0.25, 0.3) is 0 Å². The van der Waals surface area contributed by atoms with E-state index in [1.807, 2.05) is 0 Å². The highest BCUT2D eigenvalue weighted by molar-refractivity contribution is 4.89. The zero-order valence-corrected chi connectivity index (χ0v) is 7.61. The lowest BCUT2D eigenvalue weighted by molar-refractivity contribution is 0.151. The summed E-state index contributed by atoms with van der Waals surface area (Å²) in [4.78, 5) is 4.02. The van der Waals surface area contributed by atoms with Crippen LogP contribution in [0.2, 0.25) is 0 Å². The summed E-state index contributed by atoms with van der Waals surface area (Å²) in [5, 5.41) is 12.8. The van der Waals surface area contributed by atoms with Crippen molar-refractivity contribution in [3.63, 3.8) is 0 Å². The average molecular weight is 170 g/mol. The fraction of sp³-hybridized carbons (Fsp3) is 0.750. The minimum Gasteiger partial charge on any atom is -0.384 e. The van der Waals surface area contributed by atoms with E-state index < -0.39 is 6.10 Å². The van der Waals surface area contributed by atoms with Gasteiger partial charge >= 0.3 is 0 Å². The van der Waals surface area contributed by atoms with E-state index in [4.69, 9.17) is 9.63 Å². The second kappa shape index (κ2) is 3.67. The largest absolute Gasteiger partial charge is 0.384 e. The van der Waals surface area contributed by atoms with Crippen LogP contribution in [0.3, 0.4) is 0 Å². The predicted octanol–water partition coefficient (Wildman–Crippen LogP) is 1.32. The minimum absolute atomic E-state index is 0.297. The van der Waals surface area contributed by atoms with E-state index in [-0.39, 0.29) is 0 Å². The molecule has 68 valence electrons. The molecule has 0 aliphatic carbocycles. The van der Waals surface area contributed by atoms with Crippen LogP contribution in [0.4, 0.5) is 0 Å². The molecule has 0 saturated carbocycles. The normalized spacial score (nSPS) is 13.8. The Hall–Kier alpha value is -0.900. The molecule has 1 aromatic rings. The summed E-state index contributed by atoms with van der Waals surface area (Å²) < 4.78 is 4.82. The third-order valence-electron chi connectivity index (χ3n) is 1.43. The molecule has 0 radical (unpaired) electrons. The summed E-state index contributed by atoms with van der Waals surface area (Å²) in [6.07, 6.45) is 0.120. The smallest absolute Gasteiger partial charge is 0.255 e. The molecule has 1 N–H and O–H groups in total. The molecule has 12 heavy (non-hydrogen) atoms. The zero-order chi connectivity index (χ0) is 9.14. The first-order valence-corrected chi connectivity index (χ1v) is 4.10. The number of aliphatic hydroxyl groups is 1. The second-order valence-electron chi connectivity index (χ2n) is 3.32. The fourth-order valence-corrected chi connectivity index (χ4v) is 0.885. The van der Waals surface area contributed by atoms with Gasteiger partial charge in [0.2, 0.25) is 0 Å². The van der Waals surface area contributed by atoms with Gasteiger partial charge in [-0.25, -0.2) is 0 Å². The van der Waals surface area contributed by atoms with Crippen LogP contribution in [0, 0.1) is 5.92 Å². The van der Waals surface area contributed by atoms with E-state index in [1.54, 1.807) is 6.92 Å². The Kier molecular flexibility index (Phi) is 2.81. The van der Waals surface area contributed by atoms with Gasteiger partial charge in [-0.15, -0.1) is 0 Å². The molecule has 1 heterocycles. The van der Waals surface area contributed by atoms with Gasteiger partial charge in [0.25, 0.3) is 5.89 Å². The van der Waals surface area contributed by atoms with Crippen molar-refractivity contribution in [2.45, 2.75) is 33.3 Å². The van der Waals surface area contributed by atoms with Gasteiger partial charge in [-0.2, -0.15) is 4.98 Å². The van der Waals surface area contributed by atoms with Crippen LogP contribution in [0.1, 0.15) is 38.6 Å². The highest BCUT2D eigenvalue weighted by Gasteiger charge is 2.11. The quantitative estimate of drug-likeness (QED) is 0.743. The maximum absolute atomic E-state index is 9.07. The maximum atomic E-state index is 9.07. The minimum atomic E-state index is -0.668. The first-order chi connectivity index (χ1) is 5.59. The van der Waals surface area contributed by atoms with E-state index in [9.17, 15) is 0 Å². The Labute approximate surface area is 71.6 Å². The lowest BCUT2D eigenvalue weighted by atomic mass is 10.1. The molecule has 4 heteroatoms. The molecule has 1 rings (SSSR count). The van der Waals surface area contributed by atoms with Crippen molar-refractivity contribution in [2.75, 3.05) is 0 Å². The molecule has 0 aliphatic heterocycles. The molecular weight excluding hydrogens is 156 g/mol. The topological polar surface area (TPSA) is 59.2 Å². The molecule has 4 nitrogen and oxygen atoms in total. The van der Waals surface area contributed by atoms with Crippen molar-refractivity contribution in [2.24, 2.45) is 5.92 Å². The molecule has 1 atom stereocenters. The number of nitrogens with zero attached hydrogens (tertiary/aromatic N) is 2. The SMILES string of the molecule is CC(C)Cc1noc([C@H](C)O)n1. The van der Waals surface area contributed by atoms with Gasteiger partial charge in [0, 0.05) is 6.42 Å². The summed E-state index contributed by atoms with van der Waals surface area (Å²) in [6, 6.07) is 0. The highest BCUT2D eigenvalue weighted by Crippen LogP contribution is 2.10. The summed E-state index contributed by atoms with van der Waals surface area (Å²) in [5.41, 5.74) is 0. The third kappa shape index (κ3) is 2.30. The van der Waals surface area contributed by atoms with Crippen molar-refractivity contribution in [3.05, 3.63) is 11.7 Å². The number of aromatic nitrogens is 2. The molecule has 1 aromatic heterocycles. The van der Waals surface area contributed by atoms with Crippen LogP contribution in [0.5, 0.6) is 0 Å². The Bertz CT molecular complexity index is 243. The third-order valence-corrected chi connectivity index (χ3v) is 1.43. The van der Waals surface area contributed by atoms with Crippen molar-refractivity contribution in [1.29, 1.82) is 0 Å². The van der Waals surface area contributed by atoms with Crippen molar-refractivity contribution in [3.8, 4) is 0 Å². The van der Waals surface area contributed by atoms with Crippen LogP contribution in [0.15, 0.2) is 4.52 Å². The molecule has 0 aliphatic rings. The summed E-state index contributed by atoms with van der Waals surface area (Å²) >= 11 is 0. The Morgan fingerprint density at radius 1 is 1.42 bits per heavy atom. The molecule has 0 fully saturated rings. The van der Waals surface area contributed by atoms with Crippen LogP contribution in [-0.2, 0) is 6.42 Å². The maximum Gasteiger partial charge on any atom is 0.255 e. The lowest BCUT2D eigenvalue weighted by Gasteiger charge is -1.96. The Morgan fingerprint density at radius 2 is 2.08 bits per heavy atom. The van der Waals surface area contributed by atoms with E-state index >= 15 is 0 Å². The molecule has 0 saturated heterocycles. The average Bonchev–Trinajstić information content (AvgIpc) is 2.34. The standard InChI is InChI=1S/C8H14N2O2/c1-5(2)4-7-9-8(6(3)11)12-10-7/h5-6,11H,4H2,1-3H3/t6-/m0/s1. The molecule has 0 bridgehead atoms. The highest BCUT2D eigenvalue weighted by atomic mass is 16.5. The number of hydrogen-bond donors (Lipinski definition) is 1. The Balaban J connectivity index is 2.64. The van der Waals surface area contributed by atoms with E-state index in [0.717, 1.165) is 6.42 Å². The van der Waals surface area contributed by atoms with Gasteiger partial charge in [-0.1, -0.05) is 19.0 Å². The number of hydrogen-bond acceptors (Lipinski definition) is 4. The predicted molar refractivity (Wildman–Crippen MR) is 43.5 cm³/mol. The lowest BCUT2D eigenvalue weighted by Crippen LogP contribution is -1.97. The molecule has 0 aromatic carbocycles. The number of rotatable bonds is 3. The van der Waals surface area contributed by atoms with Gasteiger partial charge in [-0.05, 0) is 12.8 Å². The first kappa shape index (κ1) is 9.19. The fourth-order valence-electron chi connectivity index (χ4n) is 0.885. The monoisotopic (exact) mass is 170 g/mol. The molecule has 0 unspecified atom stereocenters. The molecule has 0 spiro atoms. The van der Waals surface area contributed by atoms with Crippen LogP contribution < -0.4 is 0 Å². The summed E-state index contributed by atoms with van der Waals surface area (Å²) in [6.45, 7) is 5.77. The van der Waals surface area contributed by atoms with Gasteiger partial charge in [-0.3, -0.25) is 0 Å². The summed E-state index contributed by atoms with van der Waals surface area (Å²) in [5.74, 6) is 1.47. The van der Waals surface area contributed by atoms with Gasteiger partial charge < -0.3 is 9.63 Å². The Morgan fingerprint density at radius 3 is 2.50 bits per heavy atom. The summed E-state index contributed by atoms with van der Waals surface area (Å²) in [7, 11) is 0. The second-order valence-corrected chi connectivity index (χ2v) is 3.32. The van der Waals surface area contributed by atoms with E-state index in [0.29, 0.717) is 17.6 Å². The molecule has 0 amide bonds. The van der Waals surface area contributed by atoms with Crippen molar-refractivity contribution < 1.29 is 9.63 Å². The van der Waals surface area contributed by atoms with Gasteiger partial charge in [0.15, 0.2) is 5.82 Å². The number of aliphatic hydroxyl groups excluding tert-OH is 1. The van der Waals surface area contributed by atoms with E-state index in [2.05, 4.69) is 24.0 Å².